The summed E-state index contributed by atoms with van der Waals surface area (Å²) in [6, 6.07) is 9.84. The molecule has 4 nitrogen and oxygen atoms in total. The number of alkyl halides is 1. The van der Waals surface area contributed by atoms with Crippen LogP contribution in [0.25, 0.3) is 0 Å². The standard InChI is InChI=1S/C18H25FN2O2/c1-17(2,3)23-16(22)21-12-15-18(19,13-21)9-10-20(15)11-14-7-5-4-6-8-14/h4-8,15H,9-13H2,1-3H3. The van der Waals surface area contributed by atoms with E-state index in [1.807, 2.05) is 39.0 Å². The quantitative estimate of drug-likeness (QED) is 0.839. The molecule has 2 saturated heterocycles. The first-order chi connectivity index (χ1) is 10.8. The zero-order chi connectivity index (χ0) is 16.7. The first-order valence-electron chi connectivity index (χ1n) is 8.22. The molecule has 0 N–H and O–H groups in total. The third kappa shape index (κ3) is 3.50. The summed E-state index contributed by atoms with van der Waals surface area (Å²) in [7, 11) is 0. The van der Waals surface area contributed by atoms with Crippen LogP contribution >= 0.6 is 0 Å². The molecule has 3 rings (SSSR count). The molecule has 23 heavy (non-hydrogen) atoms. The van der Waals surface area contributed by atoms with Crippen LogP contribution in [-0.2, 0) is 11.3 Å². The van der Waals surface area contributed by atoms with E-state index < -0.39 is 17.4 Å². The average molecular weight is 320 g/mol. The number of halogens is 1. The fraction of sp³-hybridized carbons (Fsp3) is 0.611. The van der Waals surface area contributed by atoms with E-state index in [2.05, 4.69) is 17.0 Å². The van der Waals surface area contributed by atoms with Crippen molar-refractivity contribution in [2.24, 2.45) is 0 Å². The molecular formula is C18H25FN2O2. The number of amides is 1. The van der Waals surface area contributed by atoms with Gasteiger partial charge in [0.05, 0.1) is 12.6 Å². The summed E-state index contributed by atoms with van der Waals surface area (Å²) >= 11 is 0. The Bertz CT molecular complexity index is 572. The number of carbonyl (C=O) groups excluding carboxylic acids is 1. The maximum atomic E-state index is 15.2. The lowest BCUT2D eigenvalue weighted by atomic mass is 10.0. The van der Waals surface area contributed by atoms with Crippen LogP contribution in [0.15, 0.2) is 30.3 Å². The second kappa shape index (κ2) is 5.78. The van der Waals surface area contributed by atoms with Crippen molar-refractivity contribution in [3.05, 3.63) is 35.9 Å². The first kappa shape index (κ1) is 16.2. The summed E-state index contributed by atoms with van der Waals surface area (Å²) < 4.78 is 20.6. The Morgan fingerprint density at radius 1 is 1.35 bits per heavy atom. The Morgan fingerprint density at radius 3 is 2.70 bits per heavy atom. The van der Waals surface area contributed by atoms with Crippen LogP contribution in [0.4, 0.5) is 9.18 Å². The highest BCUT2D eigenvalue weighted by atomic mass is 19.1. The van der Waals surface area contributed by atoms with Crippen LogP contribution in [0.2, 0.25) is 0 Å². The number of likely N-dealkylation sites (tertiary alicyclic amines) is 2. The number of fused-ring (bicyclic) bond motifs is 1. The molecular weight excluding hydrogens is 295 g/mol. The monoisotopic (exact) mass is 320 g/mol. The third-order valence-electron chi connectivity index (χ3n) is 4.58. The summed E-state index contributed by atoms with van der Waals surface area (Å²) in [5.74, 6) is 0. The van der Waals surface area contributed by atoms with E-state index in [0.29, 0.717) is 13.0 Å². The van der Waals surface area contributed by atoms with Gasteiger partial charge in [-0.1, -0.05) is 30.3 Å². The molecule has 126 valence electrons. The molecule has 0 aromatic heterocycles. The van der Waals surface area contributed by atoms with E-state index in [0.717, 1.165) is 13.1 Å². The van der Waals surface area contributed by atoms with Crippen molar-refractivity contribution in [2.75, 3.05) is 19.6 Å². The van der Waals surface area contributed by atoms with Crippen LogP contribution in [0.1, 0.15) is 32.8 Å². The summed E-state index contributed by atoms with van der Waals surface area (Å²) in [5, 5.41) is 0. The predicted octanol–water partition coefficient (Wildman–Crippen LogP) is 3.22. The second-order valence-electron chi connectivity index (χ2n) is 7.62. The Labute approximate surface area is 137 Å². The number of benzene rings is 1. The van der Waals surface area contributed by atoms with Crippen molar-refractivity contribution in [3.63, 3.8) is 0 Å². The van der Waals surface area contributed by atoms with Gasteiger partial charge < -0.3 is 9.64 Å². The van der Waals surface area contributed by atoms with E-state index >= 15 is 4.39 Å². The molecule has 2 heterocycles. The molecule has 2 fully saturated rings. The summed E-state index contributed by atoms with van der Waals surface area (Å²) in [6.07, 6.45) is 0.0626. The second-order valence-corrected chi connectivity index (χ2v) is 7.62. The minimum absolute atomic E-state index is 0.137. The molecule has 1 aromatic carbocycles. The van der Waals surface area contributed by atoms with Crippen molar-refractivity contribution in [1.82, 2.24) is 9.80 Å². The van der Waals surface area contributed by atoms with Crippen molar-refractivity contribution in [1.29, 1.82) is 0 Å². The van der Waals surface area contributed by atoms with E-state index in [4.69, 9.17) is 4.74 Å². The third-order valence-corrected chi connectivity index (χ3v) is 4.58. The first-order valence-corrected chi connectivity index (χ1v) is 8.22. The zero-order valence-electron chi connectivity index (χ0n) is 14.1. The Balaban J connectivity index is 1.67. The van der Waals surface area contributed by atoms with Crippen molar-refractivity contribution >= 4 is 6.09 Å². The van der Waals surface area contributed by atoms with Gasteiger partial charge in [-0.3, -0.25) is 4.90 Å². The van der Waals surface area contributed by atoms with E-state index in [1.165, 1.54) is 10.5 Å². The van der Waals surface area contributed by atoms with Crippen LogP contribution < -0.4 is 0 Å². The molecule has 1 aromatic rings. The van der Waals surface area contributed by atoms with Gasteiger partial charge in [-0.2, -0.15) is 0 Å². The molecule has 5 heteroatoms. The molecule has 0 bridgehead atoms. The van der Waals surface area contributed by atoms with Gasteiger partial charge in [-0.25, -0.2) is 9.18 Å². The van der Waals surface area contributed by atoms with Crippen LogP contribution in [0, 0.1) is 0 Å². The van der Waals surface area contributed by atoms with Gasteiger partial charge in [-0.05, 0) is 32.8 Å². The number of hydrogen-bond acceptors (Lipinski definition) is 3. The lowest BCUT2D eigenvalue weighted by Crippen LogP contribution is -2.40. The maximum Gasteiger partial charge on any atom is 0.410 e. The molecule has 0 saturated carbocycles. The Kier molecular flexibility index (Phi) is 4.08. The van der Waals surface area contributed by atoms with E-state index in [1.54, 1.807) is 0 Å². The fourth-order valence-corrected chi connectivity index (χ4v) is 3.51. The van der Waals surface area contributed by atoms with Crippen molar-refractivity contribution in [2.45, 2.75) is 51.0 Å². The van der Waals surface area contributed by atoms with E-state index in [9.17, 15) is 4.79 Å². The summed E-state index contributed by atoms with van der Waals surface area (Å²) in [6.45, 7) is 7.48. The van der Waals surface area contributed by atoms with Gasteiger partial charge in [0.15, 0.2) is 0 Å². The number of rotatable bonds is 2. The van der Waals surface area contributed by atoms with Gasteiger partial charge in [-0.15, -0.1) is 0 Å². The molecule has 0 radical (unpaired) electrons. The van der Waals surface area contributed by atoms with Gasteiger partial charge in [0, 0.05) is 19.6 Å². The number of nitrogens with zero attached hydrogens (tertiary/aromatic N) is 2. The minimum Gasteiger partial charge on any atom is -0.444 e. The van der Waals surface area contributed by atoms with Crippen molar-refractivity contribution < 1.29 is 13.9 Å². The Morgan fingerprint density at radius 2 is 2.04 bits per heavy atom. The smallest absolute Gasteiger partial charge is 0.410 e. The van der Waals surface area contributed by atoms with Gasteiger partial charge in [0.25, 0.3) is 0 Å². The average Bonchev–Trinajstić information content (AvgIpc) is 2.94. The highest BCUT2D eigenvalue weighted by Crippen LogP contribution is 2.39. The Hall–Kier alpha value is -1.62. The van der Waals surface area contributed by atoms with Crippen LogP contribution in [0.5, 0.6) is 0 Å². The largest absolute Gasteiger partial charge is 0.444 e. The normalized spacial score (nSPS) is 28.0. The van der Waals surface area contributed by atoms with Crippen LogP contribution in [-0.4, -0.2) is 52.8 Å². The number of ether oxygens (including phenoxy) is 1. The molecule has 2 atom stereocenters. The maximum absolute atomic E-state index is 15.2. The highest BCUT2D eigenvalue weighted by molar-refractivity contribution is 5.69. The van der Waals surface area contributed by atoms with Gasteiger partial charge in [0.2, 0.25) is 0 Å². The van der Waals surface area contributed by atoms with Gasteiger partial charge >= 0.3 is 6.09 Å². The van der Waals surface area contributed by atoms with Crippen LogP contribution in [0.3, 0.4) is 0 Å². The summed E-state index contributed by atoms with van der Waals surface area (Å²) in [5.41, 5.74) is -0.694. The predicted molar refractivity (Wildman–Crippen MR) is 86.9 cm³/mol. The SMILES string of the molecule is CC(C)(C)OC(=O)N1CC2N(Cc3ccccc3)CCC2(F)C1. The fourth-order valence-electron chi connectivity index (χ4n) is 3.51. The molecule has 2 aliphatic heterocycles. The molecule has 2 unspecified atom stereocenters. The topological polar surface area (TPSA) is 32.8 Å². The molecule has 1 amide bonds. The number of carbonyl (C=O) groups is 1. The van der Waals surface area contributed by atoms with Gasteiger partial charge in [0.1, 0.15) is 11.3 Å². The minimum atomic E-state index is -1.31. The zero-order valence-corrected chi connectivity index (χ0v) is 14.1. The number of hydrogen-bond donors (Lipinski definition) is 0. The van der Waals surface area contributed by atoms with E-state index in [-0.39, 0.29) is 12.6 Å². The molecule has 2 aliphatic rings. The lowest BCUT2D eigenvalue weighted by molar-refractivity contribution is 0.0253. The lowest BCUT2D eigenvalue weighted by Gasteiger charge is -2.26. The van der Waals surface area contributed by atoms with Crippen molar-refractivity contribution in [3.8, 4) is 0 Å². The summed E-state index contributed by atoms with van der Waals surface area (Å²) in [4.78, 5) is 15.9. The highest BCUT2D eigenvalue weighted by Gasteiger charge is 2.55. The molecule has 0 aliphatic carbocycles. The molecule has 0 spiro atoms.